The normalized spacial score (nSPS) is 11.2. The molecule has 0 atom stereocenters. The maximum atomic E-state index is 5.56. The van der Waals surface area contributed by atoms with Gasteiger partial charge in [0.05, 0.1) is 6.20 Å². The Hall–Kier alpha value is -1.90. The van der Waals surface area contributed by atoms with Crippen molar-refractivity contribution < 1.29 is 4.42 Å². The monoisotopic (exact) mass is 184 g/mol. The van der Waals surface area contributed by atoms with E-state index in [2.05, 4.69) is 9.97 Å². The molecule has 0 saturated carbocycles. The van der Waals surface area contributed by atoms with Crippen LogP contribution in [-0.4, -0.2) is 9.97 Å². The molecular weight excluding hydrogens is 176 g/mol. The minimum atomic E-state index is 0.679. The summed E-state index contributed by atoms with van der Waals surface area (Å²) in [6, 6.07) is 3.93. The van der Waals surface area contributed by atoms with Crippen LogP contribution in [0.5, 0.6) is 0 Å². The van der Waals surface area contributed by atoms with E-state index in [-0.39, 0.29) is 0 Å². The summed E-state index contributed by atoms with van der Waals surface area (Å²) in [6.45, 7) is 2.03. The van der Waals surface area contributed by atoms with Crippen molar-refractivity contribution in [1.29, 1.82) is 0 Å². The predicted octanol–water partition coefficient (Wildman–Crippen LogP) is 2.68. The van der Waals surface area contributed by atoms with Crippen molar-refractivity contribution in [2.45, 2.75) is 6.92 Å². The van der Waals surface area contributed by atoms with Gasteiger partial charge in [-0.1, -0.05) is 0 Å². The van der Waals surface area contributed by atoms with E-state index in [4.69, 9.17) is 4.42 Å². The Morgan fingerprint density at radius 2 is 2.21 bits per heavy atom. The summed E-state index contributed by atoms with van der Waals surface area (Å²) in [4.78, 5) is 8.25. The van der Waals surface area contributed by atoms with Crippen LogP contribution in [0.4, 0.5) is 0 Å². The summed E-state index contributed by atoms with van der Waals surface area (Å²) in [5.41, 5.74) is 2.60. The van der Waals surface area contributed by atoms with Crippen LogP contribution in [0.1, 0.15) is 5.56 Å². The Bertz CT molecular complexity index is 613. The van der Waals surface area contributed by atoms with E-state index in [9.17, 15) is 0 Å². The first-order valence-electron chi connectivity index (χ1n) is 4.44. The first-order valence-corrected chi connectivity index (χ1v) is 4.44. The van der Waals surface area contributed by atoms with E-state index in [0.29, 0.717) is 5.71 Å². The standard InChI is InChI=1S/C11H8N2O/c1-7-5-12-6-9-10(7)8-3-2-4-13-11(8)14-9/h2-6H,1H3. The van der Waals surface area contributed by atoms with Crippen LogP contribution < -0.4 is 0 Å². The third kappa shape index (κ3) is 0.865. The molecule has 0 spiro atoms. The van der Waals surface area contributed by atoms with Gasteiger partial charge in [-0.25, -0.2) is 4.98 Å². The van der Waals surface area contributed by atoms with Crippen LogP contribution >= 0.6 is 0 Å². The molecule has 3 heterocycles. The number of nitrogens with zero attached hydrogens (tertiary/aromatic N) is 2. The van der Waals surface area contributed by atoms with Crippen LogP contribution in [-0.2, 0) is 0 Å². The lowest BCUT2D eigenvalue weighted by Crippen LogP contribution is -1.76. The molecule has 0 fully saturated rings. The van der Waals surface area contributed by atoms with Crippen molar-refractivity contribution in [3.63, 3.8) is 0 Å². The lowest BCUT2D eigenvalue weighted by atomic mass is 10.1. The number of hydrogen-bond acceptors (Lipinski definition) is 3. The smallest absolute Gasteiger partial charge is 0.227 e. The molecule has 0 saturated heterocycles. The molecule has 0 aliphatic rings. The van der Waals surface area contributed by atoms with Crippen LogP contribution in [0.3, 0.4) is 0 Å². The molecule has 0 aliphatic heterocycles. The van der Waals surface area contributed by atoms with Gasteiger partial charge in [0, 0.05) is 23.2 Å². The van der Waals surface area contributed by atoms with Gasteiger partial charge >= 0.3 is 0 Å². The highest BCUT2D eigenvalue weighted by Gasteiger charge is 2.08. The average Bonchev–Trinajstić information content (AvgIpc) is 2.57. The fourth-order valence-corrected chi connectivity index (χ4v) is 1.73. The summed E-state index contributed by atoms with van der Waals surface area (Å²) >= 11 is 0. The van der Waals surface area contributed by atoms with Gasteiger partial charge < -0.3 is 4.42 Å². The predicted molar refractivity (Wildman–Crippen MR) is 54.0 cm³/mol. The fraction of sp³-hybridized carbons (Fsp3) is 0.0909. The molecule has 0 unspecified atom stereocenters. The zero-order valence-electron chi connectivity index (χ0n) is 7.69. The topological polar surface area (TPSA) is 38.9 Å². The highest BCUT2D eigenvalue weighted by molar-refractivity contribution is 6.04. The lowest BCUT2D eigenvalue weighted by Gasteiger charge is -1.92. The van der Waals surface area contributed by atoms with Crippen molar-refractivity contribution in [3.05, 3.63) is 36.3 Å². The molecule has 0 radical (unpaired) electrons. The Kier molecular flexibility index (Phi) is 1.36. The van der Waals surface area contributed by atoms with E-state index in [1.165, 1.54) is 0 Å². The molecule has 3 aromatic heterocycles. The fourth-order valence-electron chi connectivity index (χ4n) is 1.73. The number of pyridine rings is 2. The van der Waals surface area contributed by atoms with Crippen LogP contribution in [0.2, 0.25) is 0 Å². The number of furan rings is 1. The largest absolute Gasteiger partial charge is 0.436 e. The number of hydrogen-bond donors (Lipinski definition) is 0. The molecule has 0 amide bonds. The summed E-state index contributed by atoms with van der Waals surface area (Å²) in [5, 5.41) is 2.17. The molecule has 3 rings (SSSR count). The third-order valence-corrected chi connectivity index (χ3v) is 2.35. The number of aryl methyl sites for hydroxylation is 1. The third-order valence-electron chi connectivity index (χ3n) is 2.35. The zero-order valence-corrected chi connectivity index (χ0v) is 7.69. The van der Waals surface area contributed by atoms with Gasteiger partial charge in [-0.3, -0.25) is 4.98 Å². The Labute approximate surface area is 80.4 Å². The van der Waals surface area contributed by atoms with Gasteiger partial charge in [-0.05, 0) is 24.6 Å². The Morgan fingerprint density at radius 3 is 3.14 bits per heavy atom. The van der Waals surface area contributed by atoms with Crippen molar-refractivity contribution in [2.75, 3.05) is 0 Å². The van der Waals surface area contributed by atoms with Gasteiger partial charge in [-0.15, -0.1) is 0 Å². The van der Waals surface area contributed by atoms with Gasteiger partial charge in [-0.2, -0.15) is 0 Å². The summed E-state index contributed by atoms with van der Waals surface area (Å²) < 4.78 is 5.56. The first-order chi connectivity index (χ1) is 6.86. The second kappa shape index (κ2) is 2.54. The van der Waals surface area contributed by atoms with Gasteiger partial charge in [0.1, 0.15) is 0 Å². The average molecular weight is 184 g/mol. The van der Waals surface area contributed by atoms with Crippen molar-refractivity contribution in [1.82, 2.24) is 9.97 Å². The van der Waals surface area contributed by atoms with Crippen molar-refractivity contribution in [3.8, 4) is 0 Å². The van der Waals surface area contributed by atoms with E-state index < -0.39 is 0 Å². The van der Waals surface area contributed by atoms with Crippen molar-refractivity contribution >= 4 is 22.1 Å². The quantitative estimate of drug-likeness (QED) is 0.539. The molecule has 3 heteroatoms. The molecule has 0 aliphatic carbocycles. The Balaban J connectivity index is 2.65. The number of fused-ring (bicyclic) bond motifs is 3. The minimum absolute atomic E-state index is 0.679. The molecule has 0 N–H and O–H groups in total. The number of aromatic nitrogens is 2. The lowest BCUT2D eigenvalue weighted by molar-refractivity contribution is 0.652. The van der Waals surface area contributed by atoms with Gasteiger partial charge in [0.25, 0.3) is 0 Å². The maximum absolute atomic E-state index is 5.56. The van der Waals surface area contributed by atoms with Crippen LogP contribution in [0, 0.1) is 6.92 Å². The second-order valence-electron chi connectivity index (χ2n) is 3.29. The van der Waals surface area contributed by atoms with Gasteiger partial charge in [0.15, 0.2) is 5.58 Å². The molecular formula is C11H8N2O. The maximum Gasteiger partial charge on any atom is 0.227 e. The summed E-state index contributed by atoms with van der Waals surface area (Å²) in [6.07, 6.45) is 5.29. The summed E-state index contributed by atoms with van der Waals surface area (Å²) in [7, 11) is 0. The molecule has 68 valence electrons. The highest BCUT2D eigenvalue weighted by Crippen LogP contribution is 2.28. The van der Waals surface area contributed by atoms with Gasteiger partial charge in [0.2, 0.25) is 5.71 Å². The first kappa shape index (κ1) is 7.50. The minimum Gasteiger partial charge on any atom is -0.436 e. The molecule has 3 nitrogen and oxygen atoms in total. The SMILES string of the molecule is Cc1cncc2oc3ncccc3c12. The van der Waals surface area contributed by atoms with E-state index in [1.807, 2.05) is 25.3 Å². The van der Waals surface area contributed by atoms with Crippen molar-refractivity contribution in [2.24, 2.45) is 0 Å². The van der Waals surface area contributed by atoms with E-state index in [0.717, 1.165) is 21.9 Å². The summed E-state index contributed by atoms with van der Waals surface area (Å²) in [5.74, 6) is 0. The van der Waals surface area contributed by atoms with E-state index in [1.54, 1.807) is 12.4 Å². The van der Waals surface area contributed by atoms with E-state index >= 15 is 0 Å². The molecule has 14 heavy (non-hydrogen) atoms. The Morgan fingerprint density at radius 1 is 1.29 bits per heavy atom. The zero-order chi connectivity index (χ0) is 9.54. The second-order valence-corrected chi connectivity index (χ2v) is 3.29. The van der Waals surface area contributed by atoms with Crippen LogP contribution in [0.15, 0.2) is 35.1 Å². The number of rotatable bonds is 0. The highest BCUT2D eigenvalue weighted by atomic mass is 16.3. The molecule has 0 aromatic carbocycles. The molecule has 0 bridgehead atoms. The van der Waals surface area contributed by atoms with Crippen LogP contribution in [0.25, 0.3) is 22.1 Å². The molecule has 3 aromatic rings.